The fourth-order valence-electron chi connectivity index (χ4n) is 2.16. The molecule has 2 nitrogen and oxygen atoms in total. The number of para-hydroxylation sites is 1. The van der Waals surface area contributed by atoms with Gasteiger partial charge in [-0.1, -0.05) is 26.0 Å². The van der Waals surface area contributed by atoms with E-state index < -0.39 is 0 Å². The van der Waals surface area contributed by atoms with Crippen molar-refractivity contribution in [3.8, 4) is 0 Å². The molecule has 1 aliphatic rings. The largest absolute Gasteiger partial charge is 0.367 e. The molecule has 0 aromatic heterocycles. The van der Waals surface area contributed by atoms with Gasteiger partial charge < -0.3 is 10.2 Å². The standard InChI is InChI=1S/C14H21FN2S/c1-11(2)16-10-12-4-3-5-13(15)14(12)17-6-8-18-9-7-17/h3-5,11,16H,6-10H2,1-2H3. The third-order valence-electron chi connectivity index (χ3n) is 3.10. The zero-order valence-corrected chi connectivity index (χ0v) is 11.9. The Morgan fingerprint density at radius 3 is 2.72 bits per heavy atom. The average molecular weight is 268 g/mol. The summed E-state index contributed by atoms with van der Waals surface area (Å²) >= 11 is 1.94. The minimum Gasteiger partial charge on any atom is -0.367 e. The highest BCUT2D eigenvalue weighted by Gasteiger charge is 2.18. The molecule has 1 aromatic carbocycles. The molecule has 4 heteroatoms. The quantitative estimate of drug-likeness (QED) is 0.904. The number of halogens is 1. The first kappa shape index (κ1) is 13.7. The Kier molecular flexibility index (Phi) is 4.89. The smallest absolute Gasteiger partial charge is 0.146 e. The molecule has 0 amide bonds. The van der Waals surface area contributed by atoms with Crippen LogP contribution in [0.15, 0.2) is 18.2 Å². The fraction of sp³-hybridized carbons (Fsp3) is 0.571. The van der Waals surface area contributed by atoms with Gasteiger partial charge in [-0.3, -0.25) is 0 Å². The van der Waals surface area contributed by atoms with Crippen molar-refractivity contribution in [1.82, 2.24) is 5.32 Å². The Hall–Kier alpha value is -0.740. The Morgan fingerprint density at radius 2 is 2.06 bits per heavy atom. The highest BCUT2D eigenvalue weighted by Crippen LogP contribution is 2.27. The lowest BCUT2D eigenvalue weighted by atomic mass is 10.1. The lowest BCUT2D eigenvalue weighted by Gasteiger charge is -2.31. The van der Waals surface area contributed by atoms with Crippen LogP contribution in [-0.2, 0) is 6.54 Å². The van der Waals surface area contributed by atoms with E-state index in [-0.39, 0.29) is 5.82 Å². The molecule has 0 aliphatic carbocycles. The predicted octanol–water partition coefficient (Wildman–Crippen LogP) is 2.88. The van der Waals surface area contributed by atoms with Gasteiger partial charge in [0.05, 0.1) is 5.69 Å². The van der Waals surface area contributed by atoms with Crippen molar-refractivity contribution in [3.63, 3.8) is 0 Å². The maximum absolute atomic E-state index is 14.1. The van der Waals surface area contributed by atoms with E-state index in [1.54, 1.807) is 12.1 Å². The van der Waals surface area contributed by atoms with E-state index in [1.807, 2.05) is 17.8 Å². The van der Waals surface area contributed by atoms with Crippen LogP contribution in [0.5, 0.6) is 0 Å². The van der Waals surface area contributed by atoms with E-state index >= 15 is 0 Å². The van der Waals surface area contributed by atoms with E-state index in [0.717, 1.165) is 42.4 Å². The third kappa shape index (κ3) is 3.39. The molecule has 2 rings (SSSR count). The van der Waals surface area contributed by atoms with Crippen LogP contribution in [0, 0.1) is 5.82 Å². The Balaban J connectivity index is 2.19. The normalized spacial score (nSPS) is 16.3. The average Bonchev–Trinajstić information content (AvgIpc) is 2.37. The van der Waals surface area contributed by atoms with E-state index in [1.165, 1.54) is 0 Å². The van der Waals surface area contributed by atoms with Crippen LogP contribution in [0.4, 0.5) is 10.1 Å². The second kappa shape index (κ2) is 6.43. The van der Waals surface area contributed by atoms with Crippen LogP contribution in [0.1, 0.15) is 19.4 Å². The Bertz CT molecular complexity index is 389. The van der Waals surface area contributed by atoms with Gasteiger partial charge in [-0.15, -0.1) is 0 Å². The van der Waals surface area contributed by atoms with Crippen molar-refractivity contribution in [2.75, 3.05) is 29.5 Å². The van der Waals surface area contributed by atoms with Crippen molar-refractivity contribution >= 4 is 17.4 Å². The van der Waals surface area contributed by atoms with Gasteiger partial charge in [-0.05, 0) is 11.6 Å². The molecule has 0 unspecified atom stereocenters. The van der Waals surface area contributed by atoms with Crippen LogP contribution < -0.4 is 10.2 Å². The third-order valence-corrected chi connectivity index (χ3v) is 4.04. The Morgan fingerprint density at radius 1 is 1.33 bits per heavy atom. The van der Waals surface area contributed by atoms with Crippen molar-refractivity contribution in [3.05, 3.63) is 29.6 Å². The highest BCUT2D eigenvalue weighted by molar-refractivity contribution is 7.99. The molecular weight excluding hydrogens is 247 g/mol. The second-order valence-electron chi connectivity index (χ2n) is 4.88. The summed E-state index contributed by atoms with van der Waals surface area (Å²) in [7, 11) is 0. The topological polar surface area (TPSA) is 15.3 Å². The summed E-state index contributed by atoms with van der Waals surface area (Å²) in [6.45, 7) is 6.84. The first-order valence-corrected chi connectivity index (χ1v) is 7.67. The molecule has 100 valence electrons. The van der Waals surface area contributed by atoms with Gasteiger partial charge in [0, 0.05) is 37.2 Å². The maximum Gasteiger partial charge on any atom is 0.146 e. The molecule has 0 radical (unpaired) electrons. The van der Waals surface area contributed by atoms with Crippen molar-refractivity contribution in [1.29, 1.82) is 0 Å². The maximum atomic E-state index is 14.1. The zero-order chi connectivity index (χ0) is 13.0. The van der Waals surface area contributed by atoms with Crippen LogP contribution >= 0.6 is 11.8 Å². The van der Waals surface area contributed by atoms with Gasteiger partial charge in [0.15, 0.2) is 0 Å². The lowest BCUT2D eigenvalue weighted by molar-refractivity contribution is 0.578. The van der Waals surface area contributed by atoms with Gasteiger partial charge in [0.2, 0.25) is 0 Å². The van der Waals surface area contributed by atoms with Gasteiger partial charge >= 0.3 is 0 Å². The number of rotatable bonds is 4. The second-order valence-corrected chi connectivity index (χ2v) is 6.11. The van der Waals surface area contributed by atoms with Crippen LogP contribution in [0.3, 0.4) is 0 Å². The summed E-state index contributed by atoms with van der Waals surface area (Å²) in [5, 5.41) is 3.37. The van der Waals surface area contributed by atoms with Crippen molar-refractivity contribution < 1.29 is 4.39 Å². The number of hydrogen-bond donors (Lipinski definition) is 1. The molecule has 1 fully saturated rings. The molecule has 1 heterocycles. The van der Waals surface area contributed by atoms with Crippen molar-refractivity contribution in [2.24, 2.45) is 0 Å². The summed E-state index contributed by atoms with van der Waals surface area (Å²) < 4.78 is 14.1. The van der Waals surface area contributed by atoms with Gasteiger partial charge in [-0.2, -0.15) is 11.8 Å². The number of nitrogens with zero attached hydrogens (tertiary/aromatic N) is 1. The molecule has 0 spiro atoms. The van der Waals surface area contributed by atoms with Gasteiger partial charge in [0.1, 0.15) is 5.82 Å². The number of hydrogen-bond acceptors (Lipinski definition) is 3. The summed E-state index contributed by atoms with van der Waals surface area (Å²) in [5.74, 6) is 2.08. The van der Waals surface area contributed by atoms with E-state index in [2.05, 4.69) is 24.1 Å². The highest BCUT2D eigenvalue weighted by atomic mass is 32.2. The minimum absolute atomic E-state index is 0.0926. The first-order valence-electron chi connectivity index (χ1n) is 6.52. The SMILES string of the molecule is CC(C)NCc1cccc(F)c1N1CCSCC1. The van der Waals surface area contributed by atoms with E-state index in [0.29, 0.717) is 6.04 Å². The molecule has 1 aromatic rings. The molecule has 0 saturated carbocycles. The lowest BCUT2D eigenvalue weighted by Crippen LogP contribution is -2.34. The van der Waals surface area contributed by atoms with Gasteiger partial charge in [-0.25, -0.2) is 4.39 Å². The van der Waals surface area contributed by atoms with E-state index in [4.69, 9.17) is 0 Å². The number of benzene rings is 1. The number of thioether (sulfide) groups is 1. The molecule has 0 atom stereocenters. The molecule has 1 saturated heterocycles. The van der Waals surface area contributed by atoms with Crippen LogP contribution in [0.25, 0.3) is 0 Å². The van der Waals surface area contributed by atoms with E-state index in [9.17, 15) is 4.39 Å². The molecule has 1 N–H and O–H groups in total. The summed E-state index contributed by atoms with van der Waals surface area (Å²) in [4.78, 5) is 2.18. The van der Waals surface area contributed by atoms with Crippen LogP contribution in [0.2, 0.25) is 0 Å². The molecular formula is C14H21FN2S. The molecule has 18 heavy (non-hydrogen) atoms. The monoisotopic (exact) mass is 268 g/mol. The number of anilines is 1. The molecule has 0 bridgehead atoms. The summed E-state index contributed by atoms with van der Waals surface area (Å²) in [6, 6.07) is 5.80. The van der Waals surface area contributed by atoms with Crippen LogP contribution in [-0.4, -0.2) is 30.6 Å². The fourth-order valence-corrected chi connectivity index (χ4v) is 3.06. The number of nitrogens with one attached hydrogen (secondary N) is 1. The zero-order valence-electron chi connectivity index (χ0n) is 11.1. The van der Waals surface area contributed by atoms with Crippen molar-refractivity contribution in [2.45, 2.75) is 26.4 Å². The summed E-state index contributed by atoms with van der Waals surface area (Å²) in [6.07, 6.45) is 0. The summed E-state index contributed by atoms with van der Waals surface area (Å²) in [5.41, 5.74) is 1.86. The predicted molar refractivity (Wildman–Crippen MR) is 77.9 cm³/mol. The Labute approximate surface area is 113 Å². The van der Waals surface area contributed by atoms with Gasteiger partial charge in [0.25, 0.3) is 0 Å². The first-order chi connectivity index (χ1) is 8.68. The molecule has 1 aliphatic heterocycles. The minimum atomic E-state index is -0.0926.